The molecule has 9 heteroatoms. The fourth-order valence-electron chi connectivity index (χ4n) is 2.23. The van der Waals surface area contributed by atoms with Crippen molar-refractivity contribution >= 4 is 40.8 Å². The van der Waals surface area contributed by atoms with Gasteiger partial charge in [0, 0.05) is 18.8 Å². The Balaban J connectivity index is 1.86. The van der Waals surface area contributed by atoms with Crippen LogP contribution < -0.4 is 10.6 Å². The predicted octanol–water partition coefficient (Wildman–Crippen LogP) is 1.67. The molecule has 132 valence electrons. The van der Waals surface area contributed by atoms with Gasteiger partial charge in [0.1, 0.15) is 5.56 Å². The molecule has 1 aliphatic rings. The Labute approximate surface area is 152 Å². The molecule has 8 nitrogen and oxygen atoms in total. The topological polar surface area (TPSA) is 118 Å². The molecule has 0 spiro atoms. The second-order valence-electron chi connectivity index (χ2n) is 5.22. The van der Waals surface area contributed by atoms with E-state index < -0.39 is 17.5 Å². The van der Waals surface area contributed by atoms with Gasteiger partial charge in [-0.2, -0.15) is 0 Å². The van der Waals surface area contributed by atoms with Crippen molar-refractivity contribution in [3.05, 3.63) is 58.3 Å². The third-order valence-corrected chi connectivity index (χ3v) is 4.53. The number of rotatable bonds is 5. The summed E-state index contributed by atoms with van der Waals surface area (Å²) in [7, 11) is 1.47. The van der Waals surface area contributed by atoms with E-state index >= 15 is 0 Å². The largest absolute Gasteiger partial charge is 0.358 e. The number of aromatic nitrogens is 1. The Hall–Kier alpha value is -3.20. The Bertz CT molecular complexity index is 933. The number of amides is 2. The van der Waals surface area contributed by atoms with Crippen molar-refractivity contribution in [1.29, 1.82) is 0 Å². The summed E-state index contributed by atoms with van der Waals surface area (Å²) < 4.78 is 4.91. The highest BCUT2D eigenvalue weighted by atomic mass is 32.2. The number of nitrogens with one attached hydrogen (secondary N) is 2. The van der Waals surface area contributed by atoms with Gasteiger partial charge in [0.15, 0.2) is 5.69 Å². The van der Waals surface area contributed by atoms with Crippen LogP contribution in [0.2, 0.25) is 0 Å². The number of hydrogen-bond donors (Lipinski definition) is 2. The van der Waals surface area contributed by atoms with Crippen LogP contribution >= 0.6 is 11.8 Å². The van der Waals surface area contributed by atoms with Crippen molar-refractivity contribution in [3.8, 4) is 0 Å². The van der Waals surface area contributed by atoms with Crippen LogP contribution in [-0.4, -0.2) is 41.3 Å². The average Bonchev–Trinajstić information content (AvgIpc) is 3.10. The minimum Gasteiger partial charge on any atom is -0.358 e. The van der Waals surface area contributed by atoms with E-state index in [1.165, 1.54) is 7.05 Å². The van der Waals surface area contributed by atoms with Crippen LogP contribution in [0.4, 0.5) is 5.69 Å². The van der Waals surface area contributed by atoms with E-state index in [2.05, 4.69) is 15.8 Å². The van der Waals surface area contributed by atoms with E-state index in [4.69, 9.17) is 4.52 Å². The average molecular weight is 371 g/mol. The first-order chi connectivity index (χ1) is 12.5. The van der Waals surface area contributed by atoms with Crippen LogP contribution in [0.5, 0.6) is 0 Å². The maximum Gasteiger partial charge on any atom is 0.278 e. The summed E-state index contributed by atoms with van der Waals surface area (Å²) in [5.41, 5.74) is 0.0484. The molecule has 0 saturated carbocycles. The number of carbonyl (C=O) groups excluding carboxylic acids is 4. The summed E-state index contributed by atoms with van der Waals surface area (Å²) in [5, 5.41) is 8.60. The molecule has 0 atom stereocenters. The number of allylic oxidation sites excluding steroid dienone is 2. The van der Waals surface area contributed by atoms with Gasteiger partial charge in [-0.3, -0.25) is 19.2 Å². The van der Waals surface area contributed by atoms with E-state index in [0.717, 1.165) is 17.8 Å². The van der Waals surface area contributed by atoms with Gasteiger partial charge in [-0.25, -0.2) is 0 Å². The van der Waals surface area contributed by atoms with E-state index in [0.29, 0.717) is 5.69 Å². The lowest BCUT2D eigenvalue weighted by atomic mass is 9.99. The summed E-state index contributed by atoms with van der Waals surface area (Å²) >= 11 is 0.911. The molecule has 0 radical (unpaired) electrons. The monoisotopic (exact) mass is 371 g/mol. The molecule has 0 fully saturated rings. The number of anilines is 1. The van der Waals surface area contributed by atoms with Crippen LogP contribution in [0.3, 0.4) is 0 Å². The second-order valence-corrected chi connectivity index (χ2v) is 6.24. The SMILES string of the molecule is CNC(=O)CSC1=CC(=O)c2onc(C(=O)Nc3ccccc3)c2C1=O. The Morgan fingerprint density at radius 2 is 1.92 bits per heavy atom. The molecule has 2 amide bonds. The van der Waals surface area contributed by atoms with E-state index in [9.17, 15) is 19.2 Å². The zero-order chi connectivity index (χ0) is 18.7. The van der Waals surface area contributed by atoms with Crippen molar-refractivity contribution in [2.45, 2.75) is 0 Å². The fraction of sp³-hybridized carbons (Fsp3) is 0.118. The highest BCUT2D eigenvalue weighted by Gasteiger charge is 2.36. The van der Waals surface area contributed by atoms with Crippen molar-refractivity contribution in [2.75, 3.05) is 18.1 Å². The third-order valence-electron chi connectivity index (χ3n) is 3.51. The normalized spacial score (nSPS) is 13.0. The van der Waals surface area contributed by atoms with Gasteiger partial charge < -0.3 is 15.2 Å². The summed E-state index contributed by atoms with van der Waals surface area (Å²) in [6.45, 7) is 0. The lowest BCUT2D eigenvalue weighted by molar-refractivity contribution is -0.118. The van der Waals surface area contributed by atoms with Crippen molar-refractivity contribution in [1.82, 2.24) is 10.5 Å². The molecule has 1 aromatic heterocycles. The summed E-state index contributed by atoms with van der Waals surface area (Å²) in [6, 6.07) is 8.60. The zero-order valence-corrected chi connectivity index (χ0v) is 14.4. The molecule has 0 aliphatic heterocycles. The molecular formula is C17H13N3O5S. The second kappa shape index (κ2) is 7.36. The highest BCUT2D eigenvalue weighted by Crippen LogP contribution is 2.30. The number of hydrogen-bond acceptors (Lipinski definition) is 7. The Morgan fingerprint density at radius 1 is 1.19 bits per heavy atom. The van der Waals surface area contributed by atoms with Crippen LogP contribution in [0.15, 0.2) is 45.8 Å². The lowest BCUT2D eigenvalue weighted by Gasteiger charge is -2.10. The summed E-state index contributed by atoms with van der Waals surface area (Å²) in [6.07, 6.45) is 1.09. The molecule has 3 rings (SSSR count). The van der Waals surface area contributed by atoms with Crippen molar-refractivity contribution in [3.63, 3.8) is 0 Å². The molecule has 2 N–H and O–H groups in total. The maximum atomic E-state index is 12.6. The minimum atomic E-state index is -0.667. The van der Waals surface area contributed by atoms with Crippen molar-refractivity contribution < 1.29 is 23.7 Å². The number of Topliss-reactive ketones (excluding diaryl/α,β-unsaturated/α-hetero) is 1. The third kappa shape index (κ3) is 3.42. The van der Waals surface area contributed by atoms with Gasteiger partial charge in [-0.05, 0) is 12.1 Å². The van der Waals surface area contributed by atoms with Gasteiger partial charge in [-0.1, -0.05) is 23.4 Å². The van der Waals surface area contributed by atoms with E-state index in [-0.39, 0.29) is 33.6 Å². The van der Waals surface area contributed by atoms with Crippen LogP contribution in [0.1, 0.15) is 31.4 Å². The number of ketones is 2. The molecule has 0 saturated heterocycles. The van der Waals surface area contributed by atoms with Gasteiger partial charge in [0.25, 0.3) is 5.91 Å². The molecule has 26 heavy (non-hydrogen) atoms. The zero-order valence-electron chi connectivity index (χ0n) is 13.6. The fourth-order valence-corrected chi connectivity index (χ4v) is 3.09. The number of carbonyl (C=O) groups is 4. The predicted molar refractivity (Wildman–Crippen MR) is 94.2 cm³/mol. The molecule has 2 aromatic rings. The van der Waals surface area contributed by atoms with Crippen molar-refractivity contribution in [2.24, 2.45) is 0 Å². The molecule has 1 aromatic carbocycles. The van der Waals surface area contributed by atoms with E-state index in [1.807, 2.05) is 0 Å². The van der Waals surface area contributed by atoms with Gasteiger partial charge in [0.2, 0.25) is 23.2 Å². The molecular weight excluding hydrogens is 358 g/mol. The lowest BCUT2D eigenvalue weighted by Crippen LogP contribution is -2.23. The van der Waals surface area contributed by atoms with Gasteiger partial charge in [-0.15, -0.1) is 11.8 Å². The molecule has 0 unspecified atom stereocenters. The first-order valence-corrected chi connectivity index (χ1v) is 8.50. The molecule has 1 aliphatic carbocycles. The van der Waals surface area contributed by atoms with Crippen LogP contribution in [0.25, 0.3) is 0 Å². The standard InChI is InChI=1S/C17H13N3O5S/c1-18-12(22)8-26-11-7-10(21)16-13(15(11)23)14(20-25-16)17(24)19-9-5-3-2-4-6-9/h2-7H,8H2,1H3,(H,18,22)(H,19,24). The smallest absolute Gasteiger partial charge is 0.278 e. The number of thioether (sulfide) groups is 1. The quantitative estimate of drug-likeness (QED) is 0.820. The summed E-state index contributed by atoms with van der Waals surface area (Å²) in [5.74, 6) is -2.43. The first-order valence-electron chi connectivity index (χ1n) is 7.51. The number of para-hydroxylation sites is 1. The highest BCUT2D eigenvalue weighted by molar-refractivity contribution is 8.04. The summed E-state index contributed by atoms with van der Waals surface area (Å²) in [4.78, 5) is 48.6. The van der Waals surface area contributed by atoms with Crippen LogP contribution in [-0.2, 0) is 4.79 Å². The Kier molecular flexibility index (Phi) is 4.99. The van der Waals surface area contributed by atoms with Crippen LogP contribution in [0, 0.1) is 0 Å². The molecule has 1 heterocycles. The minimum absolute atomic E-state index is 0.0342. The van der Waals surface area contributed by atoms with Gasteiger partial charge in [0.05, 0.1) is 10.7 Å². The Morgan fingerprint density at radius 3 is 2.62 bits per heavy atom. The first kappa shape index (κ1) is 17.6. The number of benzene rings is 1. The van der Waals surface area contributed by atoms with E-state index in [1.54, 1.807) is 30.3 Å². The number of nitrogens with zero attached hydrogens (tertiary/aromatic N) is 1. The number of fused-ring (bicyclic) bond motifs is 1. The van der Waals surface area contributed by atoms with Gasteiger partial charge >= 0.3 is 0 Å². The molecule has 0 bridgehead atoms. The maximum absolute atomic E-state index is 12.6.